The van der Waals surface area contributed by atoms with Crippen LogP contribution in [0, 0.1) is 11.3 Å². The number of hydrogen-bond acceptors (Lipinski definition) is 4. The zero-order valence-corrected chi connectivity index (χ0v) is 15.8. The maximum absolute atomic E-state index is 13.0. The summed E-state index contributed by atoms with van der Waals surface area (Å²) < 4.78 is 10.7. The second-order valence-electron chi connectivity index (χ2n) is 7.48. The Balaban J connectivity index is 1.53. The third-order valence-corrected chi connectivity index (χ3v) is 5.95. The summed E-state index contributed by atoms with van der Waals surface area (Å²) >= 11 is 0. The molecule has 0 saturated carbocycles. The number of fused-ring (bicyclic) bond motifs is 1. The van der Waals surface area contributed by atoms with Gasteiger partial charge >= 0.3 is 5.97 Å². The quantitative estimate of drug-likeness (QED) is 0.881. The molecule has 1 N–H and O–H groups in total. The van der Waals surface area contributed by atoms with Crippen LogP contribution >= 0.6 is 0 Å². The van der Waals surface area contributed by atoms with Crippen LogP contribution in [0.4, 0.5) is 0 Å². The summed E-state index contributed by atoms with van der Waals surface area (Å²) in [6, 6.07) is 15.1. The highest BCUT2D eigenvalue weighted by molar-refractivity contribution is 5.95. The lowest BCUT2D eigenvalue weighted by molar-refractivity contribution is -0.157. The summed E-state index contributed by atoms with van der Waals surface area (Å²) in [7, 11) is 1.63. The first-order chi connectivity index (χ1) is 13.5. The van der Waals surface area contributed by atoms with Crippen molar-refractivity contribution in [2.75, 3.05) is 33.4 Å². The molecular formula is C22H23NO5. The van der Waals surface area contributed by atoms with Crippen molar-refractivity contribution in [1.29, 1.82) is 0 Å². The van der Waals surface area contributed by atoms with Gasteiger partial charge in [0.2, 0.25) is 0 Å². The predicted molar refractivity (Wildman–Crippen MR) is 103 cm³/mol. The van der Waals surface area contributed by atoms with E-state index in [1.807, 2.05) is 36.4 Å². The molecule has 0 aliphatic carbocycles. The van der Waals surface area contributed by atoms with Crippen molar-refractivity contribution in [3.8, 4) is 16.9 Å². The van der Waals surface area contributed by atoms with Crippen LogP contribution < -0.4 is 4.74 Å². The number of nitrogens with zero attached hydrogens (tertiary/aromatic N) is 1. The number of carbonyl (C=O) groups is 2. The molecule has 4 rings (SSSR count). The normalized spacial score (nSPS) is 23.9. The Hall–Kier alpha value is -2.86. The lowest BCUT2D eigenvalue weighted by atomic mass is 9.74. The number of aliphatic carboxylic acids is 1. The summed E-state index contributed by atoms with van der Waals surface area (Å²) in [5, 5.41) is 9.77. The number of amides is 1. The molecule has 2 saturated heterocycles. The Morgan fingerprint density at radius 2 is 1.96 bits per heavy atom. The van der Waals surface area contributed by atoms with Crippen LogP contribution in [-0.4, -0.2) is 55.3 Å². The van der Waals surface area contributed by atoms with E-state index in [-0.39, 0.29) is 18.4 Å². The van der Waals surface area contributed by atoms with Gasteiger partial charge in [0, 0.05) is 31.2 Å². The highest BCUT2D eigenvalue weighted by Gasteiger charge is 2.54. The van der Waals surface area contributed by atoms with Gasteiger partial charge < -0.3 is 19.5 Å². The summed E-state index contributed by atoms with van der Waals surface area (Å²) in [5.41, 5.74) is 1.68. The van der Waals surface area contributed by atoms with Gasteiger partial charge in [-0.2, -0.15) is 0 Å². The van der Waals surface area contributed by atoms with Gasteiger partial charge in [-0.05, 0) is 41.8 Å². The third kappa shape index (κ3) is 3.14. The molecule has 0 unspecified atom stereocenters. The molecular weight excluding hydrogens is 358 g/mol. The minimum atomic E-state index is -0.881. The standard InChI is InChI=1S/C22H23NO5/c1-27-19-4-2-3-17(11-19)15-5-7-16(8-6-15)20(24)23-12-18-13-28-10-9-22(18,14-23)21(25)26/h2-8,11,18H,9-10,12-14H2,1H3,(H,25,26)/t18-,22+/m1/s1. The Morgan fingerprint density at radius 3 is 2.64 bits per heavy atom. The average molecular weight is 381 g/mol. The van der Waals surface area contributed by atoms with Gasteiger partial charge in [0.15, 0.2) is 0 Å². The van der Waals surface area contributed by atoms with E-state index >= 15 is 0 Å². The second kappa shape index (κ2) is 7.28. The van der Waals surface area contributed by atoms with Crippen LogP contribution in [0.3, 0.4) is 0 Å². The zero-order chi connectivity index (χ0) is 19.7. The first-order valence-electron chi connectivity index (χ1n) is 9.38. The van der Waals surface area contributed by atoms with E-state index in [0.29, 0.717) is 31.7 Å². The second-order valence-corrected chi connectivity index (χ2v) is 7.48. The van der Waals surface area contributed by atoms with Gasteiger partial charge in [-0.1, -0.05) is 24.3 Å². The summed E-state index contributed by atoms with van der Waals surface area (Å²) in [6.07, 6.45) is 0.450. The molecule has 2 heterocycles. The van der Waals surface area contributed by atoms with E-state index in [4.69, 9.17) is 9.47 Å². The number of rotatable bonds is 4. The van der Waals surface area contributed by atoms with E-state index in [9.17, 15) is 14.7 Å². The van der Waals surface area contributed by atoms with Crippen LogP contribution in [-0.2, 0) is 9.53 Å². The minimum Gasteiger partial charge on any atom is -0.497 e. The summed E-state index contributed by atoms with van der Waals surface area (Å²) in [4.78, 5) is 26.5. The number of methoxy groups -OCH3 is 1. The molecule has 1 amide bonds. The molecule has 2 aromatic rings. The number of likely N-dealkylation sites (tertiary alicyclic amines) is 1. The van der Waals surface area contributed by atoms with Gasteiger partial charge in [-0.3, -0.25) is 9.59 Å². The summed E-state index contributed by atoms with van der Waals surface area (Å²) in [5.74, 6) is -0.339. The van der Waals surface area contributed by atoms with E-state index in [2.05, 4.69) is 0 Å². The average Bonchev–Trinajstić information content (AvgIpc) is 3.14. The maximum Gasteiger partial charge on any atom is 0.311 e. The van der Waals surface area contributed by atoms with Crippen molar-refractivity contribution < 1.29 is 24.2 Å². The van der Waals surface area contributed by atoms with E-state index in [1.165, 1.54) is 0 Å². The lowest BCUT2D eigenvalue weighted by Gasteiger charge is -2.33. The van der Waals surface area contributed by atoms with Crippen LogP contribution in [0.1, 0.15) is 16.8 Å². The molecule has 2 aliphatic rings. The minimum absolute atomic E-state index is 0.132. The van der Waals surface area contributed by atoms with Crippen molar-refractivity contribution in [3.63, 3.8) is 0 Å². The number of carboxylic acids is 1. The van der Waals surface area contributed by atoms with Gasteiger partial charge in [0.1, 0.15) is 5.75 Å². The Bertz CT molecular complexity index is 894. The number of benzene rings is 2. The van der Waals surface area contributed by atoms with Crippen molar-refractivity contribution in [1.82, 2.24) is 4.90 Å². The van der Waals surface area contributed by atoms with Crippen molar-refractivity contribution in [2.24, 2.45) is 11.3 Å². The van der Waals surface area contributed by atoms with Crippen LogP contribution in [0.25, 0.3) is 11.1 Å². The topological polar surface area (TPSA) is 76.1 Å². The number of ether oxygens (including phenoxy) is 2. The van der Waals surface area contributed by atoms with Crippen molar-refractivity contribution in [3.05, 3.63) is 54.1 Å². The molecule has 146 valence electrons. The SMILES string of the molecule is COc1cccc(-c2ccc(C(=O)N3C[C@@H]4COCC[C@]4(C(=O)O)C3)cc2)c1. The first-order valence-corrected chi connectivity index (χ1v) is 9.38. The van der Waals surface area contributed by atoms with Gasteiger partial charge in [0.05, 0.1) is 19.1 Å². The Morgan fingerprint density at radius 1 is 1.18 bits per heavy atom. The number of carboxylic acid groups (broad SMARTS) is 1. The highest BCUT2D eigenvalue weighted by Crippen LogP contribution is 2.42. The van der Waals surface area contributed by atoms with Crippen molar-refractivity contribution >= 4 is 11.9 Å². The molecule has 2 aliphatic heterocycles. The molecule has 28 heavy (non-hydrogen) atoms. The Labute approximate surface area is 163 Å². The van der Waals surface area contributed by atoms with E-state index < -0.39 is 11.4 Å². The van der Waals surface area contributed by atoms with Crippen LogP contribution in [0.15, 0.2) is 48.5 Å². The number of carbonyl (C=O) groups excluding carboxylic acids is 1. The molecule has 6 nitrogen and oxygen atoms in total. The van der Waals surface area contributed by atoms with Gasteiger partial charge in [-0.25, -0.2) is 0 Å². The third-order valence-electron chi connectivity index (χ3n) is 5.95. The Kier molecular flexibility index (Phi) is 4.81. The fraction of sp³-hybridized carbons (Fsp3) is 0.364. The van der Waals surface area contributed by atoms with Gasteiger partial charge in [-0.15, -0.1) is 0 Å². The highest BCUT2D eigenvalue weighted by atomic mass is 16.5. The molecule has 6 heteroatoms. The number of hydrogen-bond donors (Lipinski definition) is 1. The van der Waals surface area contributed by atoms with Crippen LogP contribution in [0.5, 0.6) is 5.75 Å². The van der Waals surface area contributed by atoms with E-state index in [1.54, 1.807) is 24.1 Å². The van der Waals surface area contributed by atoms with Crippen LogP contribution in [0.2, 0.25) is 0 Å². The van der Waals surface area contributed by atoms with Gasteiger partial charge in [0.25, 0.3) is 5.91 Å². The molecule has 0 radical (unpaired) electrons. The molecule has 0 bridgehead atoms. The molecule has 2 fully saturated rings. The summed E-state index contributed by atoms with van der Waals surface area (Å²) in [6.45, 7) is 1.49. The largest absolute Gasteiger partial charge is 0.497 e. The smallest absolute Gasteiger partial charge is 0.311 e. The molecule has 2 aromatic carbocycles. The lowest BCUT2D eigenvalue weighted by Crippen LogP contribution is -2.45. The zero-order valence-electron chi connectivity index (χ0n) is 15.8. The van der Waals surface area contributed by atoms with E-state index in [0.717, 1.165) is 16.9 Å². The maximum atomic E-state index is 13.0. The fourth-order valence-corrected chi connectivity index (χ4v) is 4.24. The predicted octanol–water partition coefficient (Wildman–Crippen LogP) is 2.93. The monoisotopic (exact) mass is 381 g/mol. The molecule has 0 spiro atoms. The van der Waals surface area contributed by atoms with Crippen molar-refractivity contribution in [2.45, 2.75) is 6.42 Å². The fourth-order valence-electron chi connectivity index (χ4n) is 4.24. The molecule has 0 aromatic heterocycles. The molecule has 2 atom stereocenters. The first kappa shape index (κ1) is 18.5.